The maximum Gasteiger partial charge on any atom is 0.115 e. The zero-order chi connectivity index (χ0) is 14.1. The fourth-order valence-electron chi connectivity index (χ4n) is 3.05. The summed E-state index contributed by atoms with van der Waals surface area (Å²) < 4.78 is 12.9. The van der Waals surface area contributed by atoms with Crippen molar-refractivity contribution in [2.75, 3.05) is 11.4 Å². The van der Waals surface area contributed by atoms with Crippen molar-refractivity contribution in [3.63, 3.8) is 0 Å². The standard InChI is InChI=1S/C18H20FN/c1-13-14(2)18(8-7-16(13)11-19)20-10-9-15-5-3-4-6-17(15)12-20/h3-8H,9-12H2,1-2H3. The van der Waals surface area contributed by atoms with Crippen LogP contribution in [0.25, 0.3) is 0 Å². The van der Waals surface area contributed by atoms with Gasteiger partial charge in [0.25, 0.3) is 0 Å². The first-order valence-electron chi connectivity index (χ1n) is 7.17. The summed E-state index contributed by atoms with van der Waals surface area (Å²) in [6, 6.07) is 12.6. The summed E-state index contributed by atoms with van der Waals surface area (Å²) in [4.78, 5) is 2.41. The first kappa shape index (κ1) is 13.2. The van der Waals surface area contributed by atoms with Crippen LogP contribution in [0.3, 0.4) is 0 Å². The minimum atomic E-state index is -0.379. The van der Waals surface area contributed by atoms with Gasteiger partial charge in [0.2, 0.25) is 0 Å². The van der Waals surface area contributed by atoms with Crippen LogP contribution in [0.15, 0.2) is 36.4 Å². The molecule has 0 aromatic heterocycles. The molecule has 1 aliphatic rings. The summed E-state index contributed by atoms with van der Waals surface area (Å²) in [5, 5.41) is 0. The number of alkyl halides is 1. The van der Waals surface area contributed by atoms with Crippen molar-refractivity contribution >= 4 is 5.69 Å². The van der Waals surface area contributed by atoms with Gasteiger partial charge in [-0.25, -0.2) is 4.39 Å². The molecule has 0 spiro atoms. The van der Waals surface area contributed by atoms with Crippen molar-refractivity contribution < 1.29 is 4.39 Å². The minimum absolute atomic E-state index is 0.379. The van der Waals surface area contributed by atoms with E-state index >= 15 is 0 Å². The van der Waals surface area contributed by atoms with E-state index in [1.54, 1.807) is 0 Å². The van der Waals surface area contributed by atoms with Gasteiger partial charge in [0.1, 0.15) is 6.67 Å². The van der Waals surface area contributed by atoms with Crippen molar-refractivity contribution in [2.24, 2.45) is 0 Å². The van der Waals surface area contributed by atoms with Gasteiger partial charge in [0.05, 0.1) is 0 Å². The molecule has 0 fully saturated rings. The second-order valence-corrected chi connectivity index (χ2v) is 5.57. The topological polar surface area (TPSA) is 3.24 Å². The molecular weight excluding hydrogens is 249 g/mol. The van der Waals surface area contributed by atoms with Gasteiger partial charge >= 0.3 is 0 Å². The van der Waals surface area contributed by atoms with Crippen molar-refractivity contribution in [1.29, 1.82) is 0 Å². The van der Waals surface area contributed by atoms with Gasteiger partial charge in [-0.3, -0.25) is 0 Å². The quantitative estimate of drug-likeness (QED) is 0.784. The lowest BCUT2D eigenvalue weighted by molar-refractivity contribution is 0.483. The number of rotatable bonds is 2. The van der Waals surface area contributed by atoms with Gasteiger partial charge in [-0.2, -0.15) is 0 Å². The Bertz CT molecular complexity index is 633. The molecule has 20 heavy (non-hydrogen) atoms. The molecule has 0 radical (unpaired) electrons. The fraction of sp³-hybridized carbons (Fsp3) is 0.333. The SMILES string of the molecule is Cc1c(CF)ccc(N2CCc3ccccc3C2)c1C. The van der Waals surface area contributed by atoms with Gasteiger partial charge < -0.3 is 4.90 Å². The molecule has 2 aromatic rings. The summed E-state index contributed by atoms with van der Waals surface area (Å²) >= 11 is 0. The Morgan fingerprint density at radius 2 is 1.75 bits per heavy atom. The zero-order valence-electron chi connectivity index (χ0n) is 12.1. The lowest BCUT2D eigenvalue weighted by Crippen LogP contribution is -2.31. The molecule has 2 aromatic carbocycles. The predicted molar refractivity (Wildman–Crippen MR) is 81.9 cm³/mol. The highest BCUT2D eigenvalue weighted by atomic mass is 19.1. The van der Waals surface area contributed by atoms with E-state index in [9.17, 15) is 4.39 Å². The normalized spacial score (nSPS) is 14.2. The Morgan fingerprint density at radius 3 is 2.50 bits per heavy atom. The molecule has 0 atom stereocenters. The van der Waals surface area contributed by atoms with Crippen LogP contribution in [0.1, 0.15) is 27.8 Å². The molecule has 3 rings (SSSR count). The average Bonchev–Trinajstić information content (AvgIpc) is 2.49. The highest BCUT2D eigenvalue weighted by Gasteiger charge is 2.18. The van der Waals surface area contributed by atoms with Crippen LogP contribution < -0.4 is 4.90 Å². The van der Waals surface area contributed by atoms with Crippen molar-refractivity contribution in [3.05, 3.63) is 64.2 Å². The number of fused-ring (bicyclic) bond motifs is 1. The third-order valence-electron chi connectivity index (χ3n) is 4.49. The summed E-state index contributed by atoms with van der Waals surface area (Å²) in [6.45, 7) is 5.73. The van der Waals surface area contributed by atoms with E-state index in [1.807, 2.05) is 13.0 Å². The molecule has 0 unspecified atom stereocenters. The number of benzene rings is 2. The molecule has 1 heterocycles. The monoisotopic (exact) mass is 269 g/mol. The predicted octanol–water partition coefficient (Wildman–Crippen LogP) is 4.34. The summed E-state index contributed by atoms with van der Waals surface area (Å²) in [6.07, 6.45) is 1.08. The Kier molecular flexibility index (Phi) is 3.47. The Morgan fingerprint density at radius 1 is 1.00 bits per heavy atom. The Hall–Kier alpha value is -1.83. The molecule has 0 amide bonds. The first-order chi connectivity index (χ1) is 9.70. The van der Waals surface area contributed by atoms with Gasteiger partial charge in [0, 0.05) is 18.8 Å². The third-order valence-corrected chi connectivity index (χ3v) is 4.49. The lowest BCUT2D eigenvalue weighted by Gasteiger charge is -2.32. The van der Waals surface area contributed by atoms with Crippen LogP contribution >= 0.6 is 0 Å². The van der Waals surface area contributed by atoms with E-state index in [0.29, 0.717) is 0 Å². The maximum absolute atomic E-state index is 12.9. The Balaban J connectivity index is 1.94. The van der Waals surface area contributed by atoms with Crippen LogP contribution in [-0.2, 0) is 19.6 Å². The number of anilines is 1. The third kappa shape index (κ3) is 2.20. The van der Waals surface area contributed by atoms with Crippen LogP contribution in [0, 0.1) is 13.8 Å². The highest BCUT2D eigenvalue weighted by molar-refractivity contribution is 5.59. The molecule has 0 aliphatic carbocycles. The molecule has 0 N–H and O–H groups in total. The summed E-state index contributed by atoms with van der Waals surface area (Å²) in [5.74, 6) is 0. The zero-order valence-corrected chi connectivity index (χ0v) is 12.1. The van der Waals surface area contributed by atoms with Crippen LogP contribution in [0.4, 0.5) is 10.1 Å². The Labute approximate surface area is 120 Å². The molecule has 2 heteroatoms. The molecule has 0 bridgehead atoms. The lowest BCUT2D eigenvalue weighted by atomic mass is 9.97. The number of halogens is 1. The molecular formula is C18H20FN. The van der Waals surface area contributed by atoms with E-state index in [4.69, 9.17) is 0 Å². The summed E-state index contributed by atoms with van der Waals surface area (Å²) in [5.41, 5.74) is 7.21. The molecule has 1 aliphatic heterocycles. The van der Waals surface area contributed by atoms with E-state index in [0.717, 1.165) is 30.6 Å². The average molecular weight is 269 g/mol. The second-order valence-electron chi connectivity index (χ2n) is 5.57. The van der Waals surface area contributed by atoms with Gasteiger partial charge in [-0.05, 0) is 54.2 Å². The minimum Gasteiger partial charge on any atom is -0.367 e. The van der Waals surface area contributed by atoms with E-state index in [1.165, 1.54) is 22.4 Å². The van der Waals surface area contributed by atoms with E-state index in [2.05, 4.69) is 42.2 Å². The molecule has 104 valence electrons. The largest absolute Gasteiger partial charge is 0.367 e. The van der Waals surface area contributed by atoms with Crippen LogP contribution in [-0.4, -0.2) is 6.54 Å². The number of hydrogen-bond donors (Lipinski definition) is 0. The van der Waals surface area contributed by atoms with Crippen molar-refractivity contribution in [3.8, 4) is 0 Å². The number of nitrogens with zero attached hydrogens (tertiary/aromatic N) is 1. The summed E-state index contributed by atoms with van der Waals surface area (Å²) in [7, 11) is 0. The number of hydrogen-bond acceptors (Lipinski definition) is 1. The highest BCUT2D eigenvalue weighted by Crippen LogP contribution is 2.30. The van der Waals surface area contributed by atoms with Crippen molar-refractivity contribution in [1.82, 2.24) is 0 Å². The van der Waals surface area contributed by atoms with E-state index < -0.39 is 0 Å². The maximum atomic E-state index is 12.9. The van der Waals surface area contributed by atoms with Gasteiger partial charge in [-0.15, -0.1) is 0 Å². The van der Waals surface area contributed by atoms with Gasteiger partial charge in [0.15, 0.2) is 0 Å². The van der Waals surface area contributed by atoms with Crippen molar-refractivity contribution in [2.45, 2.75) is 33.5 Å². The molecule has 1 nitrogen and oxygen atoms in total. The first-order valence-corrected chi connectivity index (χ1v) is 7.17. The van der Waals surface area contributed by atoms with Crippen LogP contribution in [0.2, 0.25) is 0 Å². The fourth-order valence-corrected chi connectivity index (χ4v) is 3.05. The van der Waals surface area contributed by atoms with Gasteiger partial charge in [-0.1, -0.05) is 30.3 Å². The second kappa shape index (κ2) is 5.28. The van der Waals surface area contributed by atoms with Crippen LogP contribution in [0.5, 0.6) is 0 Å². The molecule has 0 saturated carbocycles. The molecule has 0 saturated heterocycles. The smallest absolute Gasteiger partial charge is 0.115 e. The van der Waals surface area contributed by atoms with E-state index in [-0.39, 0.29) is 6.67 Å².